The summed E-state index contributed by atoms with van der Waals surface area (Å²) in [6, 6.07) is 6.15. The molecule has 1 aliphatic rings. The summed E-state index contributed by atoms with van der Waals surface area (Å²) in [7, 11) is 2.66. The van der Waals surface area contributed by atoms with E-state index in [1.165, 1.54) is 20.3 Å². The van der Waals surface area contributed by atoms with E-state index in [2.05, 4.69) is 0 Å². The van der Waals surface area contributed by atoms with E-state index in [9.17, 15) is 19.5 Å². The van der Waals surface area contributed by atoms with Gasteiger partial charge in [-0.3, -0.25) is 9.59 Å². The largest absolute Gasteiger partial charge is 0.504 e. The number of aromatic hydroxyl groups is 1. The van der Waals surface area contributed by atoms with Crippen LogP contribution in [0.25, 0.3) is 6.08 Å². The van der Waals surface area contributed by atoms with Crippen LogP contribution < -0.4 is 9.64 Å². The predicted molar refractivity (Wildman–Crippen MR) is 95.4 cm³/mol. The summed E-state index contributed by atoms with van der Waals surface area (Å²) in [5.41, 5.74) is 1.12. The number of imide groups is 1. The first-order valence-corrected chi connectivity index (χ1v) is 8.45. The number of rotatable bonds is 4. The molecule has 0 unspecified atom stereocenters. The van der Waals surface area contributed by atoms with E-state index in [1.54, 1.807) is 29.7 Å². The van der Waals surface area contributed by atoms with Crippen molar-refractivity contribution in [2.24, 2.45) is 0 Å². The molecule has 7 nitrogen and oxygen atoms in total. The summed E-state index contributed by atoms with van der Waals surface area (Å²) in [5, 5.41) is 11.3. The molecule has 1 aromatic carbocycles. The normalized spacial score (nSPS) is 15.6. The number of benzene rings is 1. The number of esters is 1. The molecule has 0 atom stereocenters. The monoisotopic (exact) mass is 373 g/mol. The summed E-state index contributed by atoms with van der Waals surface area (Å²) in [6.45, 7) is 0. The number of anilines is 1. The van der Waals surface area contributed by atoms with Gasteiger partial charge in [-0.1, -0.05) is 6.07 Å². The first kappa shape index (κ1) is 17.7. The summed E-state index contributed by atoms with van der Waals surface area (Å²) in [4.78, 5) is 38.1. The van der Waals surface area contributed by atoms with Crippen LogP contribution in [0.15, 0.2) is 35.2 Å². The second-order valence-electron chi connectivity index (χ2n) is 5.44. The third-order valence-electron chi connectivity index (χ3n) is 3.87. The highest BCUT2D eigenvalue weighted by atomic mass is 32.1. The third kappa shape index (κ3) is 3.06. The number of phenolic OH excluding ortho intramolecular Hbond substituents is 1. The van der Waals surface area contributed by atoms with Crippen molar-refractivity contribution in [2.45, 2.75) is 6.42 Å². The van der Waals surface area contributed by atoms with E-state index in [4.69, 9.17) is 9.47 Å². The molecule has 8 heteroatoms. The van der Waals surface area contributed by atoms with Crippen molar-refractivity contribution < 1.29 is 29.0 Å². The number of hydrogen-bond acceptors (Lipinski definition) is 7. The average Bonchev–Trinajstić information content (AvgIpc) is 3.20. The lowest BCUT2D eigenvalue weighted by atomic mass is 10.1. The zero-order valence-corrected chi connectivity index (χ0v) is 14.8. The number of carbonyl (C=O) groups is 3. The van der Waals surface area contributed by atoms with Crippen LogP contribution in [0.5, 0.6) is 11.5 Å². The number of ether oxygens (including phenoxy) is 2. The lowest BCUT2D eigenvalue weighted by molar-refractivity contribution is -0.120. The van der Waals surface area contributed by atoms with Gasteiger partial charge in [0.2, 0.25) is 5.91 Å². The molecule has 2 heterocycles. The third-order valence-corrected chi connectivity index (χ3v) is 4.75. The van der Waals surface area contributed by atoms with Gasteiger partial charge in [0.05, 0.1) is 26.3 Å². The van der Waals surface area contributed by atoms with Crippen molar-refractivity contribution in [3.05, 3.63) is 45.7 Å². The van der Waals surface area contributed by atoms with Crippen molar-refractivity contribution in [3.8, 4) is 11.5 Å². The summed E-state index contributed by atoms with van der Waals surface area (Å²) < 4.78 is 9.74. The van der Waals surface area contributed by atoms with Gasteiger partial charge in [-0.25, -0.2) is 9.69 Å². The summed E-state index contributed by atoms with van der Waals surface area (Å²) >= 11 is 1.10. The topological polar surface area (TPSA) is 93.1 Å². The van der Waals surface area contributed by atoms with Crippen LogP contribution in [0.3, 0.4) is 0 Å². The second kappa shape index (κ2) is 7.01. The fraction of sp³-hybridized carbons (Fsp3) is 0.167. The fourth-order valence-electron chi connectivity index (χ4n) is 2.64. The molecule has 0 radical (unpaired) electrons. The number of methoxy groups -OCH3 is 2. The number of thiophene rings is 1. The van der Waals surface area contributed by atoms with Gasteiger partial charge >= 0.3 is 5.97 Å². The molecule has 1 N–H and O–H groups in total. The van der Waals surface area contributed by atoms with Crippen LogP contribution >= 0.6 is 11.3 Å². The van der Waals surface area contributed by atoms with E-state index in [0.717, 1.165) is 16.2 Å². The van der Waals surface area contributed by atoms with Gasteiger partial charge in [0.1, 0.15) is 4.88 Å². The minimum atomic E-state index is -0.601. The van der Waals surface area contributed by atoms with Crippen LogP contribution in [-0.2, 0) is 14.3 Å². The molecule has 134 valence electrons. The Hall–Kier alpha value is -3.13. The maximum atomic E-state index is 12.7. The van der Waals surface area contributed by atoms with Crippen LogP contribution in [0.2, 0.25) is 0 Å². The van der Waals surface area contributed by atoms with Gasteiger partial charge in [0.25, 0.3) is 5.91 Å². The number of carbonyl (C=O) groups excluding carboxylic acids is 3. The smallest absolute Gasteiger partial charge is 0.350 e. The minimum Gasteiger partial charge on any atom is -0.504 e. The van der Waals surface area contributed by atoms with Crippen LogP contribution in [0.1, 0.15) is 21.7 Å². The summed E-state index contributed by atoms with van der Waals surface area (Å²) in [5.74, 6) is -1.28. The Morgan fingerprint density at radius 1 is 1.27 bits per heavy atom. The van der Waals surface area contributed by atoms with E-state index >= 15 is 0 Å². The Kier molecular flexibility index (Phi) is 4.77. The SMILES string of the molecule is COC(=O)c1sccc1N1C(=O)C/C(=C\c2ccc(O)c(OC)c2)C1=O. The maximum absolute atomic E-state index is 12.7. The molecule has 26 heavy (non-hydrogen) atoms. The minimum absolute atomic E-state index is 0.0221. The predicted octanol–water partition coefficient (Wildman–Crippen LogP) is 2.60. The van der Waals surface area contributed by atoms with Gasteiger partial charge in [-0.05, 0) is 35.2 Å². The molecule has 0 spiro atoms. The first-order chi connectivity index (χ1) is 12.5. The molecular formula is C18H15NO6S. The van der Waals surface area contributed by atoms with Crippen molar-refractivity contribution in [2.75, 3.05) is 19.1 Å². The lowest BCUT2D eigenvalue weighted by Crippen LogP contribution is -2.29. The van der Waals surface area contributed by atoms with Crippen LogP contribution in [-0.4, -0.2) is 37.1 Å². The zero-order chi connectivity index (χ0) is 18.8. The first-order valence-electron chi connectivity index (χ1n) is 7.57. The number of phenols is 1. The van der Waals surface area contributed by atoms with Crippen molar-refractivity contribution in [1.29, 1.82) is 0 Å². The molecule has 2 amide bonds. The maximum Gasteiger partial charge on any atom is 0.350 e. The van der Waals surface area contributed by atoms with Gasteiger partial charge in [-0.2, -0.15) is 0 Å². The van der Waals surface area contributed by atoms with E-state index in [-0.39, 0.29) is 34.1 Å². The van der Waals surface area contributed by atoms with Crippen molar-refractivity contribution in [1.82, 2.24) is 0 Å². The number of nitrogens with zero attached hydrogens (tertiary/aromatic N) is 1. The van der Waals surface area contributed by atoms with E-state index in [1.807, 2.05) is 0 Å². The molecule has 0 saturated carbocycles. The van der Waals surface area contributed by atoms with E-state index < -0.39 is 17.8 Å². The average molecular weight is 373 g/mol. The van der Waals surface area contributed by atoms with Crippen molar-refractivity contribution >= 4 is 40.9 Å². The zero-order valence-electron chi connectivity index (χ0n) is 14.0. The summed E-state index contributed by atoms with van der Waals surface area (Å²) in [6.07, 6.45) is 1.48. The standard InChI is InChI=1S/C18H15NO6S/c1-24-14-8-10(3-4-13(14)20)7-11-9-15(21)19(17(11)22)12-5-6-26-16(12)18(23)25-2/h3-8,20H,9H2,1-2H3/b11-7+. The molecule has 0 aliphatic carbocycles. The fourth-order valence-corrected chi connectivity index (χ4v) is 3.43. The highest BCUT2D eigenvalue weighted by Crippen LogP contribution is 2.34. The van der Waals surface area contributed by atoms with Gasteiger partial charge < -0.3 is 14.6 Å². The van der Waals surface area contributed by atoms with E-state index in [0.29, 0.717) is 5.56 Å². The van der Waals surface area contributed by atoms with Crippen LogP contribution in [0.4, 0.5) is 5.69 Å². The highest BCUT2D eigenvalue weighted by molar-refractivity contribution is 7.12. The van der Waals surface area contributed by atoms with Gasteiger partial charge in [0.15, 0.2) is 11.5 Å². The van der Waals surface area contributed by atoms with Gasteiger partial charge in [0, 0.05) is 5.57 Å². The number of amides is 2. The Morgan fingerprint density at radius 3 is 2.73 bits per heavy atom. The Bertz CT molecular complexity index is 930. The molecule has 3 rings (SSSR count). The second-order valence-corrected chi connectivity index (χ2v) is 6.35. The molecule has 0 bridgehead atoms. The molecule has 1 aromatic heterocycles. The Labute approximate surface area is 153 Å². The molecule has 2 aromatic rings. The van der Waals surface area contributed by atoms with Gasteiger partial charge in [-0.15, -0.1) is 11.3 Å². The number of hydrogen-bond donors (Lipinski definition) is 1. The molecule has 1 fully saturated rings. The Morgan fingerprint density at radius 2 is 2.04 bits per heavy atom. The lowest BCUT2D eigenvalue weighted by Gasteiger charge is -2.13. The van der Waals surface area contributed by atoms with Crippen molar-refractivity contribution in [3.63, 3.8) is 0 Å². The molecule has 1 saturated heterocycles. The molecule has 1 aliphatic heterocycles. The quantitative estimate of drug-likeness (QED) is 0.503. The van der Waals surface area contributed by atoms with Crippen LogP contribution in [0, 0.1) is 0 Å². The highest BCUT2D eigenvalue weighted by Gasteiger charge is 2.37. The Balaban J connectivity index is 1.95. The molecular weight excluding hydrogens is 358 g/mol.